The number of aliphatic hydroxyl groups excluding tert-OH is 1. The van der Waals surface area contributed by atoms with Crippen LogP contribution in [0, 0.1) is 0 Å². The quantitative estimate of drug-likeness (QED) is 0.259. The molecule has 0 aliphatic rings. The SMILES string of the molecule is CC(O)NOC(CC(=O)O)(CC(=O)O)C(=O)O. The molecule has 0 rings (SSSR count). The van der Waals surface area contributed by atoms with Crippen molar-refractivity contribution in [2.75, 3.05) is 0 Å². The topological polar surface area (TPSA) is 153 Å². The average Bonchev–Trinajstić information content (AvgIpc) is 2.11. The normalized spacial score (nSPS) is 13.1. The molecule has 9 heteroatoms. The highest BCUT2D eigenvalue weighted by Crippen LogP contribution is 2.21. The summed E-state index contributed by atoms with van der Waals surface area (Å²) in [4.78, 5) is 36.5. The van der Waals surface area contributed by atoms with Gasteiger partial charge in [0.2, 0.25) is 5.60 Å². The summed E-state index contributed by atoms with van der Waals surface area (Å²) in [5.41, 5.74) is -0.651. The Morgan fingerprint density at radius 3 is 1.82 bits per heavy atom. The van der Waals surface area contributed by atoms with Gasteiger partial charge in [-0.1, -0.05) is 0 Å². The van der Waals surface area contributed by atoms with Crippen molar-refractivity contribution in [2.45, 2.75) is 31.6 Å². The summed E-state index contributed by atoms with van der Waals surface area (Å²) in [7, 11) is 0. The van der Waals surface area contributed by atoms with Crippen LogP contribution in [0.1, 0.15) is 19.8 Å². The number of aliphatic hydroxyl groups is 1. The second-order valence-corrected chi connectivity index (χ2v) is 3.34. The van der Waals surface area contributed by atoms with E-state index in [-0.39, 0.29) is 0 Å². The fourth-order valence-corrected chi connectivity index (χ4v) is 1.02. The maximum atomic E-state index is 10.9. The van der Waals surface area contributed by atoms with Crippen molar-refractivity contribution in [3.63, 3.8) is 0 Å². The molecule has 0 heterocycles. The lowest BCUT2D eigenvalue weighted by molar-refractivity contribution is -0.199. The van der Waals surface area contributed by atoms with Crippen LogP contribution in [0.3, 0.4) is 0 Å². The molecule has 0 aromatic carbocycles. The zero-order valence-corrected chi connectivity index (χ0v) is 8.91. The minimum absolute atomic E-state index is 1.06. The van der Waals surface area contributed by atoms with Crippen LogP contribution in [0.2, 0.25) is 0 Å². The van der Waals surface area contributed by atoms with Gasteiger partial charge in [0.15, 0.2) is 0 Å². The first-order valence-corrected chi connectivity index (χ1v) is 4.48. The fourth-order valence-electron chi connectivity index (χ4n) is 1.02. The highest BCUT2D eigenvalue weighted by Gasteiger charge is 2.45. The molecular weight excluding hydrogens is 238 g/mol. The lowest BCUT2D eigenvalue weighted by Crippen LogP contribution is -2.50. The van der Waals surface area contributed by atoms with E-state index in [0.29, 0.717) is 0 Å². The number of hydrogen-bond acceptors (Lipinski definition) is 6. The van der Waals surface area contributed by atoms with Gasteiger partial charge in [0.1, 0.15) is 6.23 Å². The first-order valence-electron chi connectivity index (χ1n) is 4.48. The summed E-state index contributed by atoms with van der Waals surface area (Å²) in [6, 6.07) is 0. The van der Waals surface area contributed by atoms with Crippen molar-refractivity contribution in [2.24, 2.45) is 0 Å². The molecule has 0 spiro atoms. The third kappa shape index (κ3) is 5.24. The second kappa shape index (κ2) is 6.13. The standard InChI is InChI=1S/C8H13NO8/c1-4(10)9-17-8(7(15)16,2-5(11)12)3-6(13)14/h4,9-10H,2-3H2,1H3,(H,11,12)(H,13,14)(H,15,16). The van der Waals surface area contributed by atoms with Crippen LogP contribution in [0.25, 0.3) is 0 Å². The minimum atomic E-state index is -2.48. The van der Waals surface area contributed by atoms with Crippen LogP contribution in [0.15, 0.2) is 0 Å². The Hall–Kier alpha value is -1.71. The van der Waals surface area contributed by atoms with Crippen molar-refractivity contribution in [3.05, 3.63) is 0 Å². The van der Waals surface area contributed by atoms with E-state index in [4.69, 9.17) is 20.4 Å². The van der Waals surface area contributed by atoms with E-state index >= 15 is 0 Å². The van der Waals surface area contributed by atoms with Crippen molar-refractivity contribution < 1.29 is 39.6 Å². The number of carboxylic acid groups (broad SMARTS) is 3. The summed E-state index contributed by atoms with van der Waals surface area (Å²) < 4.78 is 0. The molecule has 5 N–H and O–H groups in total. The second-order valence-electron chi connectivity index (χ2n) is 3.34. The number of carbonyl (C=O) groups is 3. The zero-order chi connectivity index (χ0) is 13.6. The van der Waals surface area contributed by atoms with Gasteiger partial charge in [-0.3, -0.25) is 14.4 Å². The van der Waals surface area contributed by atoms with Gasteiger partial charge in [-0.25, -0.2) is 4.79 Å². The summed E-state index contributed by atoms with van der Waals surface area (Å²) in [5.74, 6) is -4.84. The predicted molar refractivity (Wildman–Crippen MR) is 50.8 cm³/mol. The number of hydroxylamine groups is 1. The molecule has 0 aromatic heterocycles. The predicted octanol–water partition coefficient (Wildman–Crippen LogP) is -1.38. The van der Waals surface area contributed by atoms with Crippen LogP contribution in [0.4, 0.5) is 0 Å². The van der Waals surface area contributed by atoms with E-state index < -0.39 is 42.6 Å². The molecule has 0 saturated heterocycles. The van der Waals surface area contributed by atoms with Crippen LogP contribution < -0.4 is 5.48 Å². The monoisotopic (exact) mass is 251 g/mol. The van der Waals surface area contributed by atoms with E-state index in [9.17, 15) is 14.4 Å². The van der Waals surface area contributed by atoms with Gasteiger partial charge in [0.05, 0.1) is 12.8 Å². The molecule has 1 atom stereocenters. The van der Waals surface area contributed by atoms with Gasteiger partial charge in [-0.05, 0) is 6.92 Å². The van der Waals surface area contributed by atoms with Crippen LogP contribution in [0.5, 0.6) is 0 Å². The van der Waals surface area contributed by atoms with Gasteiger partial charge >= 0.3 is 17.9 Å². The van der Waals surface area contributed by atoms with E-state index in [1.165, 1.54) is 6.92 Å². The van der Waals surface area contributed by atoms with Crippen molar-refractivity contribution >= 4 is 17.9 Å². The first-order chi connectivity index (χ1) is 7.69. The molecule has 0 saturated carbocycles. The van der Waals surface area contributed by atoms with E-state index in [1.54, 1.807) is 0 Å². The Morgan fingerprint density at radius 1 is 1.18 bits per heavy atom. The number of nitrogens with one attached hydrogen (secondary N) is 1. The molecule has 0 bridgehead atoms. The largest absolute Gasteiger partial charge is 0.481 e. The van der Waals surface area contributed by atoms with Crippen LogP contribution in [-0.4, -0.2) is 50.2 Å². The smallest absolute Gasteiger partial charge is 0.339 e. The van der Waals surface area contributed by atoms with Gasteiger partial charge in [-0.2, -0.15) is 5.48 Å². The lowest BCUT2D eigenvalue weighted by Gasteiger charge is -2.26. The van der Waals surface area contributed by atoms with Crippen molar-refractivity contribution in [1.29, 1.82) is 0 Å². The van der Waals surface area contributed by atoms with Crippen molar-refractivity contribution in [3.8, 4) is 0 Å². The Morgan fingerprint density at radius 2 is 1.59 bits per heavy atom. The fraction of sp³-hybridized carbons (Fsp3) is 0.625. The summed E-state index contributed by atoms with van der Waals surface area (Å²) in [6.45, 7) is 1.19. The number of rotatable bonds is 8. The number of aliphatic carboxylic acids is 3. The molecule has 0 aromatic rings. The number of hydrogen-bond donors (Lipinski definition) is 5. The van der Waals surface area contributed by atoms with E-state index in [0.717, 1.165) is 0 Å². The Labute approximate surface area is 95.6 Å². The van der Waals surface area contributed by atoms with Crippen LogP contribution >= 0.6 is 0 Å². The molecule has 17 heavy (non-hydrogen) atoms. The molecule has 0 aliphatic heterocycles. The average molecular weight is 251 g/mol. The van der Waals surface area contributed by atoms with E-state index in [1.807, 2.05) is 5.48 Å². The molecule has 0 radical (unpaired) electrons. The lowest BCUT2D eigenvalue weighted by atomic mass is 9.96. The highest BCUT2D eigenvalue weighted by atomic mass is 16.7. The van der Waals surface area contributed by atoms with Crippen molar-refractivity contribution in [1.82, 2.24) is 5.48 Å². The Balaban J connectivity index is 5.01. The molecule has 0 amide bonds. The van der Waals surface area contributed by atoms with E-state index in [2.05, 4.69) is 4.84 Å². The summed E-state index contributed by atoms with van der Waals surface area (Å²) in [6.07, 6.45) is -3.40. The number of carboxylic acids is 3. The molecule has 0 aliphatic carbocycles. The summed E-state index contributed by atoms with van der Waals surface area (Å²) >= 11 is 0. The maximum Gasteiger partial charge on any atom is 0.339 e. The third-order valence-corrected chi connectivity index (χ3v) is 1.69. The molecule has 9 nitrogen and oxygen atoms in total. The highest BCUT2D eigenvalue weighted by molar-refractivity contribution is 5.88. The maximum absolute atomic E-state index is 10.9. The molecule has 1 unspecified atom stereocenters. The van der Waals surface area contributed by atoms with Gasteiger partial charge in [-0.15, -0.1) is 0 Å². The van der Waals surface area contributed by atoms with Gasteiger partial charge in [0.25, 0.3) is 0 Å². The minimum Gasteiger partial charge on any atom is -0.481 e. The molecular formula is C8H13NO8. The summed E-state index contributed by atoms with van der Waals surface area (Å²) in [5, 5.41) is 34.8. The Bertz CT molecular complexity index is 297. The molecule has 98 valence electrons. The zero-order valence-electron chi connectivity index (χ0n) is 8.91. The van der Waals surface area contributed by atoms with Crippen LogP contribution in [-0.2, 0) is 19.2 Å². The molecule has 0 fully saturated rings. The third-order valence-electron chi connectivity index (χ3n) is 1.69. The first kappa shape index (κ1) is 15.3. The van der Waals surface area contributed by atoms with Gasteiger partial charge < -0.3 is 20.4 Å². The van der Waals surface area contributed by atoms with Gasteiger partial charge in [0, 0.05) is 0 Å². The Kier molecular flexibility index (Phi) is 5.51.